The molecule has 2 aromatic rings. The molecule has 0 bridgehead atoms. The molecule has 1 aromatic carbocycles. The Morgan fingerprint density at radius 3 is 3.00 bits per heavy atom. The van der Waals surface area contributed by atoms with Crippen LogP contribution in [0, 0.1) is 5.92 Å². The molecule has 3 rings (SSSR count). The summed E-state index contributed by atoms with van der Waals surface area (Å²) < 4.78 is 0. The standard InChI is InChI=1S/C18H24N2/c1-2-19-13-16-6-3-4-8-17(16)15-10-9-14-7-5-11-20-18(14)12-15/h5,7,9-12,16-17,19H,2-4,6,8,13H2,1H3. The van der Waals surface area contributed by atoms with Crippen molar-refractivity contribution in [1.29, 1.82) is 0 Å². The summed E-state index contributed by atoms with van der Waals surface area (Å²) in [6.45, 7) is 4.42. The van der Waals surface area contributed by atoms with Crippen LogP contribution in [-0.4, -0.2) is 18.1 Å². The number of aromatic nitrogens is 1. The van der Waals surface area contributed by atoms with Gasteiger partial charge in [-0.2, -0.15) is 0 Å². The maximum Gasteiger partial charge on any atom is 0.0704 e. The zero-order chi connectivity index (χ0) is 13.8. The summed E-state index contributed by atoms with van der Waals surface area (Å²) in [4.78, 5) is 4.51. The van der Waals surface area contributed by atoms with Gasteiger partial charge in [-0.3, -0.25) is 4.98 Å². The highest BCUT2D eigenvalue weighted by molar-refractivity contribution is 5.79. The number of pyridine rings is 1. The van der Waals surface area contributed by atoms with Gasteiger partial charge in [-0.15, -0.1) is 0 Å². The van der Waals surface area contributed by atoms with Gasteiger partial charge >= 0.3 is 0 Å². The zero-order valence-electron chi connectivity index (χ0n) is 12.3. The van der Waals surface area contributed by atoms with E-state index >= 15 is 0 Å². The van der Waals surface area contributed by atoms with Crippen molar-refractivity contribution in [2.24, 2.45) is 5.92 Å². The lowest BCUT2D eigenvalue weighted by molar-refractivity contribution is 0.297. The summed E-state index contributed by atoms with van der Waals surface area (Å²) in [6, 6.07) is 11.0. The van der Waals surface area contributed by atoms with Crippen LogP contribution in [0.1, 0.15) is 44.1 Å². The molecule has 1 aromatic heterocycles. The second-order valence-electron chi connectivity index (χ2n) is 5.91. The second kappa shape index (κ2) is 6.36. The lowest BCUT2D eigenvalue weighted by atomic mass is 9.75. The third kappa shape index (κ3) is 2.85. The molecule has 0 saturated heterocycles. The Kier molecular flexibility index (Phi) is 4.31. The molecule has 1 N–H and O–H groups in total. The predicted molar refractivity (Wildman–Crippen MR) is 85.0 cm³/mol. The van der Waals surface area contributed by atoms with Crippen molar-refractivity contribution in [2.75, 3.05) is 13.1 Å². The largest absolute Gasteiger partial charge is 0.317 e. The van der Waals surface area contributed by atoms with Gasteiger partial charge in [0.15, 0.2) is 0 Å². The fourth-order valence-corrected chi connectivity index (χ4v) is 3.53. The quantitative estimate of drug-likeness (QED) is 0.902. The maximum atomic E-state index is 4.51. The first kappa shape index (κ1) is 13.6. The molecule has 1 saturated carbocycles. The number of fused-ring (bicyclic) bond motifs is 1. The average molecular weight is 268 g/mol. The van der Waals surface area contributed by atoms with E-state index in [0.29, 0.717) is 5.92 Å². The first-order valence-corrected chi connectivity index (χ1v) is 7.94. The molecule has 2 nitrogen and oxygen atoms in total. The van der Waals surface area contributed by atoms with Gasteiger partial charge < -0.3 is 5.32 Å². The Labute approximate surface area is 121 Å². The van der Waals surface area contributed by atoms with Gasteiger partial charge in [0.25, 0.3) is 0 Å². The summed E-state index contributed by atoms with van der Waals surface area (Å²) in [5.41, 5.74) is 2.62. The van der Waals surface area contributed by atoms with Crippen LogP contribution in [0.5, 0.6) is 0 Å². The lowest BCUT2D eigenvalue weighted by Gasteiger charge is -2.32. The number of nitrogens with zero attached hydrogens (tertiary/aromatic N) is 1. The van der Waals surface area contributed by atoms with E-state index in [1.807, 2.05) is 12.3 Å². The highest BCUT2D eigenvalue weighted by atomic mass is 14.8. The van der Waals surface area contributed by atoms with E-state index in [9.17, 15) is 0 Å². The third-order valence-corrected chi connectivity index (χ3v) is 4.62. The Hall–Kier alpha value is -1.41. The van der Waals surface area contributed by atoms with E-state index < -0.39 is 0 Å². The minimum absolute atomic E-state index is 0.703. The van der Waals surface area contributed by atoms with E-state index in [1.165, 1.54) is 36.6 Å². The molecule has 2 atom stereocenters. The maximum absolute atomic E-state index is 4.51. The third-order valence-electron chi connectivity index (χ3n) is 4.62. The normalized spacial score (nSPS) is 23.1. The fourth-order valence-electron chi connectivity index (χ4n) is 3.53. The molecule has 0 radical (unpaired) electrons. The van der Waals surface area contributed by atoms with Gasteiger partial charge in [-0.1, -0.05) is 38.0 Å². The van der Waals surface area contributed by atoms with Crippen LogP contribution in [0.4, 0.5) is 0 Å². The number of benzene rings is 1. The van der Waals surface area contributed by atoms with Crippen molar-refractivity contribution in [3.63, 3.8) is 0 Å². The second-order valence-corrected chi connectivity index (χ2v) is 5.91. The number of hydrogen-bond acceptors (Lipinski definition) is 2. The van der Waals surface area contributed by atoms with Gasteiger partial charge in [0.05, 0.1) is 5.52 Å². The summed E-state index contributed by atoms with van der Waals surface area (Å²) in [5, 5.41) is 4.78. The molecule has 106 valence electrons. The SMILES string of the molecule is CCNCC1CCCCC1c1ccc2cccnc2c1. The molecule has 1 fully saturated rings. The summed E-state index contributed by atoms with van der Waals surface area (Å²) in [6.07, 6.45) is 7.33. The predicted octanol–water partition coefficient (Wildman–Crippen LogP) is 4.12. The Morgan fingerprint density at radius 1 is 1.20 bits per heavy atom. The Balaban J connectivity index is 1.86. The van der Waals surface area contributed by atoms with E-state index in [4.69, 9.17) is 0 Å². The van der Waals surface area contributed by atoms with Crippen LogP contribution < -0.4 is 5.32 Å². The van der Waals surface area contributed by atoms with Crippen LogP contribution in [0.3, 0.4) is 0 Å². The van der Waals surface area contributed by atoms with Crippen LogP contribution in [-0.2, 0) is 0 Å². The van der Waals surface area contributed by atoms with Gasteiger partial charge in [0, 0.05) is 11.6 Å². The van der Waals surface area contributed by atoms with E-state index in [1.54, 1.807) is 0 Å². The van der Waals surface area contributed by atoms with Crippen LogP contribution in [0.25, 0.3) is 10.9 Å². The van der Waals surface area contributed by atoms with Crippen molar-refractivity contribution in [3.05, 3.63) is 42.1 Å². The summed E-state index contributed by atoms with van der Waals surface area (Å²) >= 11 is 0. The first-order valence-electron chi connectivity index (χ1n) is 7.94. The minimum Gasteiger partial charge on any atom is -0.317 e. The van der Waals surface area contributed by atoms with Crippen molar-refractivity contribution >= 4 is 10.9 Å². The fraction of sp³-hybridized carbons (Fsp3) is 0.500. The van der Waals surface area contributed by atoms with E-state index in [-0.39, 0.29) is 0 Å². The molecule has 0 spiro atoms. The average Bonchev–Trinajstić information content (AvgIpc) is 2.53. The van der Waals surface area contributed by atoms with Crippen LogP contribution >= 0.6 is 0 Å². The van der Waals surface area contributed by atoms with Gasteiger partial charge in [0.1, 0.15) is 0 Å². The Morgan fingerprint density at radius 2 is 2.10 bits per heavy atom. The smallest absolute Gasteiger partial charge is 0.0704 e. The molecule has 2 heteroatoms. The zero-order valence-corrected chi connectivity index (χ0v) is 12.3. The number of hydrogen-bond donors (Lipinski definition) is 1. The topological polar surface area (TPSA) is 24.9 Å². The minimum atomic E-state index is 0.703. The first-order chi connectivity index (χ1) is 9.88. The molecular formula is C18H24N2. The summed E-state index contributed by atoms with van der Waals surface area (Å²) in [5.74, 6) is 1.49. The molecule has 20 heavy (non-hydrogen) atoms. The molecule has 0 amide bonds. The van der Waals surface area contributed by atoms with Crippen LogP contribution in [0.15, 0.2) is 36.5 Å². The molecule has 1 aliphatic rings. The van der Waals surface area contributed by atoms with Crippen molar-refractivity contribution in [3.8, 4) is 0 Å². The van der Waals surface area contributed by atoms with Crippen LogP contribution in [0.2, 0.25) is 0 Å². The number of nitrogens with one attached hydrogen (secondary N) is 1. The highest BCUT2D eigenvalue weighted by Crippen LogP contribution is 2.38. The van der Waals surface area contributed by atoms with Gasteiger partial charge in [0.2, 0.25) is 0 Å². The van der Waals surface area contributed by atoms with Gasteiger partial charge in [-0.25, -0.2) is 0 Å². The molecule has 1 heterocycles. The lowest BCUT2D eigenvalue weighted by Crippen LogP contribution is -2.29. The van der Waals surface area contributed by atoms with Crippen molar-refractivity contribution in [1.82, 2.24) is 10.3 Å². The van der Waals surface area contributed by atoms with Crippen molar-refractivity contribution < 1.29 is 0 Å². The monoisotopic (exact) mass is 268 g/mol. The number of rotatable bonds is 4. The molecule has 0 aliphatic heterocycles. The Bertz CT molecular complexity index is 564. The van der Waals surface area contributed by atoms with Crippen molar-refractivity contribution in [2.45, 2.75) is 38.5 Å². The van der Waals surface area contributed by atoms with E-state index in [0.717, 1.165) is 24.5 Å². The molecule has 1 aliphatic carbocycles. The summed E-state index contributed by atoms with van der Waals surface area (Å²) in [7, 11) is 0. The molecule has 2 unspecified atom stereocenters. The molecular weight excluding hydrogens is 244 g/mol. The van der Waals surface area contributed by atoms with Gasteiger partial charge in [-0.05, 0) is 55.5 Å². The highest BCUT2D eigenvalue weighted by Gasteiger charge is 2.26. The van der Waals surface area contributed by atoms with E-state index in [2.05, 4.69) is 41.5 Å².